The van der Waals surface area contributed by atoms with Crippen molar-refractivity contribution in [1.29, 1.82) is 0 Å². The van der Waals surface area contributed by atoms with Gasteiger partial charge in [0.25, 0.3) is 5.91 Å². The largest absolute Gasteiger partial charge is 0.342 e. The summed E-state index contributed by atoms with van der Waals surface area (Å²) in [5.41, 5.74) is 2.73. The normalized spacial score (nSPS) is 10.4. The molecule has 0 aliphatic heterocycles. The Labute approximate surface area is 146 Å². The third kappa shape index (κ3) is 4.79. The van der Waals surface area contributed by atoms with Gasteiger partial charge in [0.1, 0.15) is 5.82 Å². The van der Waals surface area contributed by atoms with Gasteiger partial charge in [0.2, 0.25) is 0 Å². The number of carbonyl (C=O) groups is 1. The summed E-state index contributed by atoms with van der Waals surface area (Å²) < 4.78 is 1.04. The zero-order valence-corrected chi connectivity index (χ0v) is 15.4. The second-order valence-corrected chi connectivity index (χ2v) is 6.51. The monoisotopic (exact) mass is 375 g/mol. The first-order valence-corrected chi connectivity index (χ1v) is 8.55. The van der Waals surface area contributed by atoms with Crippen LogP contribution in [0.5, 0.6) is 0 Å². The number of hydrogen-bond acceptors (Lipinski definition) is 3. The van der Waals surface area contributed by atoms with E-state index in [-0.39, 0.29) is 5.91 Å². The molecule has 0 saturated heterocycles. The Bertz CT molecular complexity index is 688. The van der Waals surface area contributed by atoms with Gasteiger partial charge in [-0.05, 0) is 49.2 Å². The fourth-order valence-electron chi connectivity index (χ4n) is 2.25. The highest BCUT2D eigenvalue weighted by Gasteiger charge is 2.12. The summed E-state index contributed by atoms with van der Waals surface area (Å²) in [6.45, 7) is 4.92. The van der Waals surface area contributed by atoms with Crippen molar-refractivity contribution in [3.05, 3.63) is 52.1 Å². The van der Waals surface area contributed by atoms with E-state index in [0.717, 1.165) is 35.1 Å². The molecular formula is C18H22BrN3O. The zero-order valence-electron chi connectivity index (χ0n) is 13.8. The molecule has 0 saturated carbocycles. The topological polar surface area (TPSA) is 45.2 Å². The number of halogens is 1. The summed E-state index contributed by atoms with van der Waals surface area (Å²) in [6.07, 6.45) is 3.75. The van der Waals surface area contributed by atoms with E-state index < -0.39 is 0 Å². The van der Waals surface area contributed by atoms with Crippen LogP contribution in [0, 0.1) is 6.92 Å². The smallest absolute Gasteiger partial charge is 0.253 e. The Morgan fingerprint density at radius 1 is 1.30 bits per heavy atom. The maximum Gasteiger partial charge on any atom is 0.253 e. The average Bonchev–Trinajstić information content (AvgIpc) is 2.55. The number of carbonyl (C=O) groups excluding carboxylic acids is 1. The molecule has 122 valence electrons. The molecule has 0 aliphatic rings. The van der Waals surface area contributed by atoms with Gasteiger partial charge >= 0.3 is 0 Å². The van der Waals surface area contributed by atoms with E-state index in [0.29, 0.717) is 11.4 Å². The predicted molar refractivity (Wildman–Crippen MR) is 98.3 cm³/mol. The van der Waals surface area contributed by atoms with Crippen LogP contribution < -0.4 is 5.32 Å². The Morgan fingerprint density at radius 3 is 2.78 bits per heavy atom. The van der Waals surface area contributed by atoms with Gasteiger partial charge in [-0.1, -0.05) is 29.3 Å². The molecule has 0 fully saturated rings. The van der Waals surface area contributed by atoms with Crippen LogP contribution in [0.4, 0.5) is 11.5 Å². The number of aromatic nitrogens is 1. The number of aryl methyl sites for hydroxylation is 1. The van der Waals surface area contributed by atoms with Crippen LogP contribution in [-0.2, 0) is 0 Å². The summed E-state index contributed by atoms with van der Waals surface area (Å²) in [4.78, 5) is 18.5. The second kappa shape index (κ2) is 8.11. The minimum atomic E-state index is 0.0245. The van der Waals surface area contributed by atoms with Crippen LogP contribution in [0.25, 0.3) is 0 Å². The number of rotatable bonds is 6. The molecule has 0 spiro atoms. The van der Waals surface area contributed by atoms with Crippen molar-refractivity contribution in [2.24, 2.45) is 0 Å². The molecule has 2 aromatic rings. The van der Waals surface area contributed by atoms with Gasteiger partial charge in [-0.25, -0.2) is 4.98 Å². The molecule has 1 N–H and O–H groups in total. The second-order valence-electron chi connectivity index (χ2n) is 5.59. The molecule has 2 rings (SSSR count). The Hall–Kier alpha value is -1.88. The van der Waals surface area contributed by atoms with Crippen LogP contribution in [0.1, 0.15) is 35.7 Å². The molecule has 0 atom stereocenters. The number of amides is 1. The minimum absolute atomic E-state index is 0.0245. The SMILES string of the molecule is CCCCN(C)C(=O)c1ccnc(Nc2ccc(Br)cc2C)c1. The van der Waals surface area contributed by atoms with Crippen LogP contribution in [0.15, 0.2) is 41.0 Å². The van der Waals surface area contributed by atoms with Crippen LogP contribution in [-0.4, -0.2) is 29.4 Å². The van der Waals surface area contributed by atoms with Gasteiger partial charge in [0.05, 0.1) is 0 Å². The van der Waals surface area contributed by atoms with Gasteiger partial charge in [0.15, 0.2) is 0 Å². The maximum absolute atomic E-state index is 12.4. The first-order chi connectivity index (χ1) is 11.0. The predicted octanol–water partition coefficient (Wildman–Crippen LogP) is 4.77. The van der Waals surface area contributed by atoms with Crippen LogP contribution in [0.2, 0.25) is 0 Å². The molecule has 1 heterocycles. The lowest BCUT2D eigenvalue weighted by atomic mass is 10.2. The Balaban J connectivity index is 2.14. The van der Waals surface area contributed by atoms with E-state index in [9.17, 15) is 4.79 Å². The molecule has 4 nitrogen and oxygen atoms in total. The highest BCUT2D eigenvalue weighted by Crippen LogP contribution is 2.23. The van der Waals surface area contributed by atoms with Gasteiger partial charge in [-0.3, -0.25) is 4.79 Å². The molecule has 1 amide bonds. The van der Waals surface area contributed by atoms with E-state index in [1.54, 1.807) is 23.2 Å². The molecule has 1 aromatic carbocycles. The average molecular weight is 376 g/mol. The van der Waals surface area contributed by atoms with Gasteiger partial charge in [-0.15, -0.1) is 0 Å². The number of nitrogens with one attached hydrogen (secondary N) is 1. The Morgan fingerprint density at radius 2 is 2.09 bits per heavy atom. The number of benzene rings is 1. The summed E-state index contributed by atoms with van der Waals surface area (Å²) in [5, 5.41) is 3.27. The highest BCUT2D eigenvalue weighted by molar-refractivity contribution is 9.10. The minimum Gasteiger partial charge on any atom is -0.342 e. The molecule has 5 heteroatoms. The van der Waals surface area contributed by atoms with E-state index in [1.165, 1.54) is 0 Å². The van der Waals surface area contributed by atoms with E-state index >= 15 is 0 Å². The molecular weight excluding hydrogens is 354 g/mol. The Kier molecular flexibility index (Phi) is 6.16. The molecule has 0 aliphatic carbocycles. The molecule has 0 radical (unpaired) electrons. The lowest BCUT2D eigenvalue weighted by Gasteiger charge is -2.17. The van der Waals surface area contributed by atoms with Crippen molar-refractivity contribution >= 4 is 33.3 Å². The molecule has 23 heavy (non-hydrogen) atoms. The van der Waals surface area contributed by atoms with E-state index in [1.807, 2.05) is 32.2 Å². The van der Waals surface area contributed by atoms with E-state index in [4.69, 9.17) is 0 Å². The summed E-state index contributed by atoms with van der Waals surface area (Å²) >= 11 is 3.46. The molecule has 0 unspecified atom stereocenters. The summed E-state index contributed by atoms with van der Waals surface area (Å²) in [5.74, 6) is 0.696. The fourth-order valence-corrected chi connectivity index (χ4v) is 2.73. The van der Waals surface area contributed by atoms with E-state index in [2.05, 4.69) is 33.2 Å². The lowest BCUT2D eigenvalue weighted by Crippen LogP contribution is -2.27. The number of nitrogens with zero attached hydrogens (tertiary/aromatic N) is 2. The van der Waals surface area contributed by atoms with Gasteiger partial charge in [0, 0.05) is 35.5 Å². The standard InChI is InChI=1S/C18H22BrN3O/c1-4-5-10-22(3)18(23)14-8-9-20-17(12-14)21-16-7-6-15(19)11-13(16)2/h6-9,11-12H,4-5,10H2,1-3H3,(H,20,21). The third-order valence-corrected chi connectivity index (χ3v) is 4.15. The zero-order chi connectivity index (χ0) is 16.8. The van der Waals surface area contributed by atoms with Gasteiger partial charge < -0.3 is 10.2 Å². The first kappa shape index (κ1) is 17.5. The quantitative estimate of drug-likeness (QED) is 0.790. The van der Waals surface area contributed by atoms with Crippen molar-refractivity contribution in [1.82, 2.24) is 9.88 Å². The third-order valence-electron chi connectivity index (χ3n) is 3.65. The van der Waals surface area contributed by atoms with Crippen molar-refractivity contribution in [3.63, 3.8) is 0 Å². The maximum atomic E-state index is 12.4. The first-order valence-electron chi connectivity index (χ1n) is 7.76. The summed E-state index contributed by atoms with van der Waals surface area (Å²) in [6, 6.07) is 9.55. The van der Waals surface area contributed by atoms with Gasteiger partial charge in [-0.2, -0.15) is 0 Å². The molecule has 0 bridgehead atoms. The van der Waals surface area contributed by atoms with Crippen LogP contribution >= 0.6 is 15.9 Å². The number of pyridine rings is 1. The van der Waals surface area contributed by atoms with Crippen molar-refractivity contribution in [3.8, 4) is 0 Å². The number of anilines is 2. The molecule has 1 aromatic heterocycles. The number of hydrogen-bond donors (Lipinski definition) is 1. The van der Waals surface area contributed by atoms with Crippen LogP contribution in [0.3, 0.4) is 0 Å². The lowest BCUT2D eigenvalue weighted by molar-refractivity contribution is 0.0793. The van der Waals surface area contributed by atoms with Crippen molar-refractivity contribution < 1.29 is 4.79 Å². The number of unbranched alkanes of at least 4 members (excludes halogenated alkanes) is 1. The van der Waals surface area contributed by atoms with Crippen molar-refractivity contribution in [2.75, 3.05) is 18.9 Å². The van der Waals surface area contributed by atoms with Crippen molar-refractivity contribution in [2.45, 2.75) is 26.7 Å². The highest BCUT2D eigenvalue weighted by atomic mass is 79.9. The summed E-state index contributed by atoms with van der Waals surface area (Å²) in [7, 11) is 1.84. The fraction of sp³-hybridized carbons (Fsp3) is 0.333.